The highest BCUT2D eigenvalue weighted by Crippen LogP contribution is 2.06. The quantitative estimate of drug-likeness (QED) is 0.715. The number of nitrogens with zero attached hydrogens (tertiary/aromatic N) is 2. The first-order valence-corrected chi connectivity index (χ1v) is 7.32. The minimum absolute atomic E-state index is 0.0250. The Bertz CT molecular complexity index is 263. The van der Waals surface area contributed by atoms with E-state index >= 15 is 0 Å². The summed E-state index contributed by atoms with van der Waals surface area (Å²) < 4.78 is 0. The van der Waals surface area contributed by atoms with Crippen LogP contribution in [0.1, 0.15) is 26.7 Å². The van der Waals surface area contributed by atoms with Crippen LogP contribution in [0.3, 0.4) is 0 Å². The van der Waals surface area contributed by atoms with Crippen molar-refractivity contribution in [2.75, 3.05) is 25.1 Å². The number of hydrogen-bond donors (Lipinski definition) is 1. The zero-order valence-electron chi connectivity index (χ0n) is 11.0. The van der Waals surface area contributed by atoms with E-state index in [0.29, 0.717) is 31.8 Å². The first kappa shape index (κ1) is 16.3. The standard InChI is InChI=1S/C12H23N3OS/c1-10(2)9-15(7-4-6-13)12(16)11(14)5-8-17-3/h10-11H,4-5,7-9,14H2,1-3H3/t11-/m0/s1. The van der Waals surface area contributed by atoms with Crippen LogP contribution < -0.4 is 5.73 Å². The zero-order chi connectivity index (χ0) is 13.3. The molecule has 0 rings (SSSR count). The maximum absolute atomic E-state index is 12.1. The third-order valence-corrected chi connectivity index (χ3v) is 2.98. The Morgan fingerprint density at radius 2 is 2.18 bits per heavy atom. The van der Waals surface area contributed by atoms with Crippen molar-refractivity contribution in [1.82, 2.24) is 4.90 Å². The summed E-state index contributed by atoms with van der Waals surface area (Å²) in [6.07, 6.45) is 3.06. The molecule has 0 radical (unpaired) electrons. The van der Waals surface area contributed by atoms with E-state index in [0.717, 1.165) is 5.75 Å². The van der Waals surface area contributed by atoms with Gasteiger partial charge in [0.15, 0.2) is 0 Å². The first-order chi connectivity index (χ1) is 8.02. The molecule has 2 N–H and O–H groups in total. The third-order valence-electron chi connectivity index (χ3n) is 2.34. The average molecular weight is 257 g/mol. The summed E-state index contributed by atoms with van der Waals surface area (Å²) in [6.45, 7) is 5.27. The molecule has 17 heavy (non-hydrogen) atoms. The molecular weight excluding hydrogens is 234 g/mol. The predicted octanol–water partition coefficient (Wildman–Crippen LogP) is 1.47. The van der Waals surface area contributed by atoms with E-state index in [-0.39, 0.29) is 5.91 Å². The lowest BCUT2D eigenvalue weighted by molar-refractivity contribution is -0.133. The van der Waals surface area contributed by atoms with Gasteiger partial charge < -0.3 is 10.6 Å². The monoisotopic (exact) mass is 257 g/mol. The van der Waals surface area contributed by atoms with Crippen molar-refractivity contribution < 1.29 is 4.79 Å². The lowest BCUT2D eigenvalue weighted by atomic mass is 10.1. The molecule has 0 aromatic rings. The number of nitrogens with two attached hydrogens (primary N) is 1. The van der Waals surface area contributed by atoms with Crippen molar-refractivity contribution >= 4 is 17.7 Å². The van der Waals surface area contributed by atoms with Crippen LogP contribution in [0.15, 0.2) is 0 Å². The number of hydrogen-bond acceptors (Lipinski definition) is 4. The van der Waals surface area contributed by atoms with Crippen LogP contribution >= 0.6 is 11.8 Å². The van der Waals surface area contributed by atoms with Gasteiger partial charge >= 0.3 is 0 Å². The Labute approximate surface area is 109 Å². The molecule has 0 heterocycles. The van der Waals surface area contributed by atoms with Gasteiger partial charge in [-0.3, -0.25) is 4.79 Å². The lowest BCUT2D eigenvalue weighted by Gasteiger charge is -2.26. The van der Waals surface area contributed by atoms with E-state index in [1.807, 2.05) is 6.26 Å². The second-order valence-corrected chi connectivity index (χ2v) is 5.46. The molecule has 0 aliphatic rings. The number of carbonyl (C=O) groups excluding carboxylic acids is 1. The van der Waals surface area contributed by atoms with Crippen LogP contribution in [0.2, 0.25) is 0 Å². The summed E-state index contributed by atoms with van der Waals surface area (Å²) in [5.74, 6) is 1.26. The summed E-state index contributed by atoms with van der Waals surface area (Å²) in [4.78, 5) is 13.8. The fourth-order valence-electron chi connectivity index (χ4n) is 1.52. The highest BCUT2D eigenvalue weighted by molar-refractivity contribution is 7.98. The molecule has 1 amide bonds. The molecular formula is C12H23N3OS. The van der Waals surface area contributed by atoms with Crippen molar-refractivity contribution in [3.8, 4) is 6.07 Å². The number of thioether (sulfide) groups is 1. The van der Waals surface area contributed by atoms with Gasteiger partial charge in [-0.25, -0.2) is 0 Å². The van der Waals surface area contributed by atoms with Gasteiger partial charge in [-0.15, -0.1) is 0 Å². The molecule has 0 unspecified atom stereocenters. The molecule has 0 aromatic heterocycles. The molecule has 0 fully saturated rings. The largest absolute Gasteiger partial charge is 0.340 e. The minimum atomic E-state index is -0.431. The van der Waals surface area contributed by atoms with E-state index in [4.69, 9.17) is 11.0 Å². The molecule has 0 saturated carbocycles. The number of nitriles is 1. The van der Waals surface area contributed by atoms with E-state index < -0.39 is 6.04 Å². The maximum atomic E-state index is 12.1. The Morgan fingerprint density at radius 1 is 1.53 bits per heavy atom. The van der Waals surface area contributed by atoms with Gasteiger partial charge in [0.1, 0.15) is 0 Å². The van der Waals surface area contributed by atoms with E-state index in [1.54, 1.807) is 16.7 Å². The van der Waals surface area contributed by atoms with Gasteiger partial charge in [-0.1, -0.05) is 13.8 Å². The number of amides is 1. The Kier molecular flexibility index (Phi) is 8.92. The van der Waals surface area contributed by atoms with Crippen LogP contribution in [0.25, 0.3) is 0 Å². The Morgan fingerprint density at radius 3 is 2.65 bits per heavy atom. The van der Waals surface area contributed by atoms with Crippen molar-refractivity contribution in [1.29, 1.82) is 5.26 Å². The van der Waals surface area contributed by atoms with Gasteiger partial charge in [-0.05, 0) is 24.3 Å². The molecule has 1 atom stereocenters. The summed E-state index contributed by atoms with van der Waals surface area (Å²) in [5, 5.41) is 8.59. The average Bonchev–Trinajstić information content (AvgIpc) is 2.29. The van der Waals surface area contributed by atoms with Crippen molar-refractivity contribution in [2.45, 2.75) is 32.7 Å². The van der Waals surface area contributed by atoms with Crippen molar-refractivity contribution in [2.24, 2.45) is 11.7 Å². The Hall–Kier alpha value is -0.730. The normalized spacial score (nSPS) is 12.2. The van der Waals surface area contributed by atoms with Gasteiger partial charge in [0.05, 0.1) is 18.5 Å². The SMILES string of the molecule is CSCC[C@H](N)C(=O)N(CCC#N)CC(C)C. The van der Waals surface area contributed by atoms with Crippen molar-refractivity contribution in [3.63, 3.8) is 0 Å². The molecule has 98 valence electrons. The first-order valence-electron chi connectivity index (χ1n) is 5.93. The second-order valence-electron chi connectivity index (χ2n) is 4.47. The molecule has 0 bridgehead atoms. The molecule has 0 saturated heterocycles. The molecule has 0 aliphatic carbocycles. The molecule has 4 nitrogen and oxygen atoms in total. The fraction of sp³-hybridized carbons (Fsp3) is 0.833. The van der Waals surface area contributed by atoms with Gasteiger partial charge in [0.25, 0.3) is 0 Å². The topological polar surface area (TPSA) is 70.1 Å². The zero-order valence-corrected chi connectivity index (χ0v) is 11.8. The predicted molar refractivity (Wildman–Crippen MR) is 72.6 cm³/mol. The molecule has 0 aromatic carbocycles. The fourth-order valence-corrected chi connectivity index (χ4v) is 2.01. The number of rotatable bonds is 8. The van der Waals surface area contributed by atoms with Crippen LogP contribution in [0.4, 0.5) is 0 Å². The second kappa shape index (κ2) is 9.32. The molecule has 0 spiro atoms. The van der Waals surface area contributed by atoms with Gasteiger partial charge in [0.2, 0.25) is 5.91 Å². The number of carbonyl (C=O) groups is 1. The van der Waals surface area contributed by atoms with Crippen LogP contribution in [0, 0.1) is 17.2 Å². The van der Waals surface area contributed by atoms with Crippen LogP contribution in [-0.4, -0.2) is 41.9 Å². The maximum Gasteiger partial charge on any atom is 0.239 e. The third kappa shape index (κ3) is 7.24. The lowest BCUT2D eigenvalue weighted by Crippen LogP contribution is -2.45. The van der Waals surface area contributed by atoms with E-state index in [9.17, 15) is 4.79 Å². The van der Waals surface area contributed by atoms with E-state index in [2.05, 4.69) is 19.9 Å². The molecule has 0 aliphatic heterocycles. The van der Waals surface area contributed by atoms with Crippen LogP contribution in [0.5, 0.6) is 0 Å². The van der Waals surface area contributed by atoms with E-state index in [1.165, 1.54) is 0 Å². The van der Waals surface area contributed by atoms with Crippen molar-refractivity contribution in [3.05, 3.63) is 0 Å². The summed E-state index contributed by atoms with van der Waals surface area (Å²) in [7, 11) is 0. The molecule has 5 heteroatoms. The highest BCUT2D eigenvalue weighted by Gasteiger charge is 2.20. The Balaban J connectivity index is 4.34. The summed E-state index contributed by atoms with van der Waals surface area (Å²) >= 11 is 1.69. The smallest absolute Gasteiger partial charge is 0.239 e. The minimum Gasteiger partial charge on any atom is -0.340 e. The summed E-state index contributed by atoms with van der Waals surface area (Å²) in [5.41, 5.74) is 5.86. The summed E-state index contributed by atoms with van der Waals surface area (Å²) in [6, 6.07) is 1.64. The van der Waals surface area contributed by atoms with Gasteiger partial charge in [-0.2, -0.15) is 17.0 Å². The highest BCUT2D eigenvalue weighted by atomic mass is 32.2. The van der Waals surface area contributed by atoms with Gasteiger partial charge in [0, 0.05) is 13.1 Å². The van der Waals surface area contributed by atoms with Crippen LogP contribution in [-0.2, 0) is 4.79 Å².